The molecule has 0 amide bonds. The average molecular weight is 261 g/mol. The van der Waals surface area contributed by atoms with E-state index in [1.807, 2.05) is 0 Å². The fourth-order valence-electron chi connectivity index (χ4n) is 1.98. The van der Waals surface area contributed by atoms with Crippen molar-refractivity contribution in [3.63, 3.8) is 0 Å². The van der Waals surface area contributed by atoms with Crippen LogP contribution in [0.15, 0.2) is 24.3 Å². The molecule has 0 saturated carbocycles. The topological polar surface area (TPSA) is 37.8 Å². The second kappa shape index (κ2) is 5.96. The third kappa shape index (κ3) is 3.07. The molecule has 0 bridgehead atoms. The van der Waals surface area contributed by atoms with Crippen LogP contribution in [-0.2, 0) is 6.42 Å². The standard InChI is InChI=1S/C14H19N3S/c1-4-15-14-13(16-18-17-14)12-7-5-6-11(9-12)8-10(2)3/h5-7,9-10H,4,8H2,1-3H3,(H,15,17). The lowest BCUT2D eigenvalue weighted by atomic mass is 10.00. The molecule has 18 heavy (non-hydrogen) atoms. The van der Waals surface area contributed by atoms with Gasteiger partial charge in [-0.25, -0.2) is 0 Å². The van der Waals surface area contributed by atoms with Crippen LogP contribution in [0.1, 0.15) is 26.3 Å². The van der Waals surface area contributed by atoms with Gasteiger partial charge in [-0.15, -0.1) is 0 Å². The molecule has 1 N–H and O–H groups in total. The first-order valence-electron chi connectivity index (χ1n) is 6.36. The summed E-state index contributed by atoms with van der Waals surface area (Å²) in [7, 11) is 0. The minimum atomic E-state index is 0.669. The van der Waals surface area contributed by atoms with Gasteiger partial charge in [-0.05, 0) is 30.9 Å². The van der Waals surface area contributed by atoms with E-state index in [1.54, 1.807) is 0 Å². The van der Waals surface area contributed by atoms with Crippen molar-refractivity contribution in [1.29, 1.82) is 0 Å². The Morgan fingerprint density at radius 2 is 2.11 bits per heavy atom. The summed E-state index contributed by atoms with van der Waals surface area (Å²) >= 11 is 1.26. The van der Waals surface area contributed by atoms with Crippen molar-refractivity contribution in [3.8, 4) is 11.3 Å². The fourth-order valence-corrected chi connectivity index (χ4v) is 2.53. The molecule has 0 aliphatic heterocycles. The summed E-state index contributed by atoms with van der Waals surface area (Å²) in [4.78, 5) is 0. The molecule has 1 heterocycles. The number of hydrogen-bond acceptors (Lipinski definition) is 4. The van der Waals surface area contributed by atoms with Crippen LogP contribution in [0.2, 0.25) is 0 Å². The Hall–Kier alpha value is -1.42. The van der Waals surface area contributed by atoms with Gasteiger partial charge < -0.3 is 5.32 Å². The number of hydrogen-bond donors (Lipinski definition) is 1. The Labute approximate surface area is 113 Å². The normalized spacial score (nSPS) is 10.9. The number of nitrogens with zero attached hydrogens (tertiary/aromatic N) is 2. The van der Waals surface area contributed by atoms with Crippen molar-refractivity contribution in [2.24, 2.45) is 5.92 Å². The second-order valence-corrected chi connectivity index (χ2v) is 5.32. The molecule has 1 aromatic carbocycles. The quantitative estimate of drug-likeness (QED) is 0.888. The molecule has 0 aliphatic carbocycles. The van der Waals surface area contributed by atoms with E-state index in [0.717, 1.165) is 30.0 Å². The van der Waals surface area contributed by atoms with Gasteiger partial charge >= 0.3 is 0 Å². The zero-order valence-electron chi connectivity index (χ0n) is 11.1. The Kier molecular flexibility index (Phi) is 4.31. The van der Waals surface area contributed by atoms with Gasteiger partial charge in [-0.3, -0.25) is 0 Å². The minimum Gasteiger partial charge on any atom is -0.368 e. The van der Waals surface area contributed by atoms with Crippen molar-refractivity contribution in [2.75, 3.05) is 11.9 Å². The first kappa shape index (κ1) is 13.0. The predicted molar refractivity (Wildman–Crippen MR) is 78.1 cm³/mol. The zero-order chi connectivity index (χ0) is 13.0. The summed E-state index contributed by atoms with van der Waals surface area (Å²) < 4.78 is 8.69. The SMILES string of the molecule is CCNc1nsnc1-c1cccc(CC(C)C)c1. The molecular formula is C14H19N3S. The van der Waals surface area contributed by atoms with E-state index in [0.29, 0.717) is 5.92 Å². The lowest BCUT2D eigenvalue weighted by molar-refractivity contribution is 0.647. The molecule has 96 valence electrons. The highest BCUT2D eigenvalue weighted by Gasteiger charge is 2.10. The van der Waals surface area contributed by atoms with Gasteiger partial charge in [0.1, 0.15) is 5.69 Å². The molecule has 0 aliphatic rings. The first-order chi connectivity index (χ1) is 8.70. The van der Waals surface area contributed by atoms with Crippen LogP contribution >= 0.6 is 11.7 Å². The molecule has 0 saturated heterocycles. The highest BCUT2D eigenvalue weighted by atomic mass is 32.1. The van der Waals surface area contributed by atoms with Crippen molar-refractivity contribution in [2.45, 2.75) is 27.2 Å². The molecule has 0 atom stereocenters. The average Bonchev–Trinajstić information content (AvgIpc) is 2.77. The maximum Gasteiger partial charge on any atom is 0.168 e. The van der Waals surface area contributed by atoms with Crippen LogP contribution in [-0.4, -0.2) is 15.3 Å². The van der Waals surface area contributed by atoms with Gasteiger partial charge in [-0.1, -0.05) is 32.0 Å². The monoisotopic (exact) mass is 261 g/mol. The molecule has 0 radical (unpaired) electrons. The number of nitrogens with one attached hydrogen (secondary N) is 1. The molecule has 2 rings (SSSR count). The van der Waals surface area contributed by atoms with Crippen LogP contribution < -0.4 is 5.32 Å². The van der Waals surface area contributed by atoms with Crippen molar-refractivity contribution in [3.05, 3.63) is 29.8 Å². The van der Waals surface area contributed by atoms with E-state index in [4.69, 9.17) is 0 Å². The summed E-state index contributed by atoms with van der Waals surface area (Å²) in [6.07, 6.45) is 1.10. The van der Waals surface area contributed by atoms with Gasteiger partial charge in [-0.2, -0.15) is 8.75 Å². The van der Waals surface area contributed by atoms with Crippen molar-refractivity contribution in [1.82, 2.24) is 8.75 Å². The van der Waals surface area contributed by atoms with Gasteiger partial charge in [0.05, 0.1) is 11.7 Å². The first-order valence-corrected chi connectivity index (χ1v) is 7.09. The van der Waals surface area contributed by atoms with Crippen LogP contribution in [0.5, 0.6) is 0 Å². The Balaban J connectivity index is 2.29. The van der Waals surface area contributed by atoms with E-state index in [2.05, 4.69) is 59.1 Å². The molecule has 3 nitrogen and oxygen atoms in total. The molecule has 0 fully saturated rings. The predicted octanol–water partition coefficient (Wildman–Crippen LogP) is 3.84. The maximum absolute atomic E-state index is 4.39. The number of rotatable bonds is 5. The fraction of sp³-hybridized carbons (Fsp3) is 0.429. The number of benzene rings is 1. The van der Waals surface area contributed by atoms with Crippen LogP contribution in [0.4, 0.5) is 5.82 Å². The Morgan fingerprint density at radius 3 is 2.83 bits per heavy atom. The summed E-state index contributed by atoms with van der Waals surface area (Å²) in [6.45, 7) is 7.41. The molecule has 0 unspecified atom stereocenters. The van der Waals surface area contributed by atoms with E-state index in [-0.39, 0.29) is 0 Å². The molecule has 2 aromatic rings. The molecule has 1 aromatic heterocycles. The molecule has 0 spiro atoms. The van der Waals surface area contributed by atoms with Crippen LogP contribution in [0, 0.1) is 5.92 Å². The summed E-state index contributed by atoms with van der Waals surface area (Å²) in [5.41, 5.74) is 3.48. The summed E-state index contributed by atoms with van der Waals surface area (Å²) in [5.74, 6) is 1.56. The number of anilines is 1. The van der Waals surface area contributed by atoms with Gasteiger partial charge in [0.15, 0.2) is 5.82 Å². The minimum absolute atomic E-state index is 0.669. The summed E-state index contributed by atoms with van der Waals surface area (Å²) in [5, 5.41) is 3.25. The van der Waals surface area contributed by atoms with Crippen LogP contribution in [0.25, 0.3) is 11.3 Å². The third-order valence-electron chi connectivity index (χ3n) is 2.68. The highest BCUT2D eigenvalue weighted by Crippen LogP contribution is 2.26. The lowest BCUT2D eigenvalue weighted by Crippen LogP contribution is -1.99. The third-order valence-corrected chi connectivity index (χ3v) is 3.21. The molecule has 4 heteroatoms. The van der Waals surface area contributed by atoms with Gasteiger partial charge in [0, 0.05) is 12.1 Å². The van der Waals surface area contributed by atoms with E-state index in [9.17, 15) is 0 Å². The van der Waals surface area contributed by atoms with E-state index < -0.39 is 0 Å². The Bertz CT molecular complexity index is 505. The zero-order valence-corrected chi connectivity index (χ0v) is 11.9. The van der Waals surface area contributed by atoms with E-state index in [1.165, 1.54) is 17.3 Å². The largest absolute Gasteiger partial charge is 0.368 e. The summed E-state index contributed by atoms with van der Waals surface area (Å²) in [6, 6.07) is 8.59. The van der Waals surface area contributed by atoms with Gasteiger partial charge in [0.2, 0.25) is 0 Å². The second-order valence-electron chi connectivity index (χ2n) is 4.79. The lowest BCUT2D eigenvalue weighted by Gasteiger charge is -2.07. The van der Waals surface area contributed by atoms with Gasteiger partial charge in [0.25, 0.3) is 0 Å². The van der Waals surface area contributed by atoms with Crippen LogP contribution in [0.3, 0.4) is 0 Å². The smallest absolute Gasteiger partial charge is 0.168 e. The number of aromatic nitrogens is 2. The van der Waals surface area contributed by atoms with E-state index >= 15 is 0 Å². The van der Waals surface area contributed by atoms with Crippen molar-refractivity contribution < 1.29 is 0 Å². The van der Waals surface area contributed by atoms with Crippen molar-refractivity contribution >= 4 is 17.5 Å². The Morgan fingerprint density at radius 1 is 1.28 bits per heavy atom. The molecular weight excluding hydrogens is 242 g/mol. The highest BCUT2D eigenvalue weighted by molar-refractivity contribution is 6.99. The maximum atomic E-state index is 4.39.